The molecule has 1 saturated heterocycles. The van der Waals surface area contributed by atoms with Gasteiger partial charge in [-0.1, -0.05) is 12.1 Å². The van der Waals surface area contributed by atoms with Crippen LogP contribution in [0.15, 0.2) is 43.0 Å². The van der Waals surface area contributed by atoms with E-state index in [1.54, 1.807) is 36.3 Å². The molecule has 3 atom stereocenters. The highest BCUT2D eigenvalue weighted by molar-refractivity contribution is 6.05. The third-order valence-electron chi connectivity index (χ3n) is 6.51. The van der Waals surface area contributed by atoms with Gasteiger partial charge < -0.3 is 16.4 Å². The predicted octanol–water partition coefficient (Wildman–Crippen LogP) is 1.98. The molecule has 2 fully saturated rings. The highest BCUT2D eigenvalue weighted by Crippen LogP contribution is 2.41. The fourth-order valence-corrected chi connectivity index (χ4v) is 4.99. The van der Waals surface area contributed by atoms with Crippen molar-refractivity contribution in [3.63, 3.8) is 0 Å². The second-order valence-corrected chi connectivity index (χ2v) is 8.60. The standard InChI is InChI=1S/C22H23N9O/c1-30-10-15(9-27-30)28-22(32)14-4-2-13(3-5-14)19-18-20(23)25-11-26-21(18)31(29-19)17-7-12-6-16(17)24-8-12/h2-5,9-12,16-17,24H,6-8H2,1H3,(H,28,32)(H2,23,25,26). The van der Waals surface area contributed by atoms with Gasteiger partial charge in [0.1, 0.15) is 17.8 Å². The van der Waals surface area contributed by atoms with Gasteiger partial charge in [0.25, 0.3) is 5.91 Å². The molecule has 3 aromatic heterocycles. The van der Waals surface area contributed by atoms with Gasteiger partial charge in [0.15, 0.2) is 5.65 Å². The van der Waals surface area contributed by atoms with Gasteiger partial charge in [0.05, 0.1) is 23.3 Å². The highest BCUT2D eigenvalue weighted by Gasteiger charge is 2.42. The quantitative estimate of drug-likeness (QED) is 0.452. The summed E-state index contributed by atoms with van der Waals surface area (Å²) in [6.45, 7) is 1.08. The molecule has 1 aliphatic carbocycles. The molecule has 4 heterocycles. The minimum Gasteiger partial charge on any atom is -0.383 e. The van der Waals surface area contributed by atoms with E-state index in [1.165, 1.54) is 12.7 Å². The monoisotopic (exact) mass is 429 g/mol. The zero-order valence-corrected chi connectivity index (χ0v) is 17.6. The Balaban J connectivity index is 1.35. The van der Waals surface area contributed by atoms with Gasteiger partial charge >= 0.3 is 0 Å². The van der Waals surface area contributed by atoms with Crippen LogP contribution in [0, 0.1) is 5.92 Å². The van der Waals surface area contributed by atoms with Crippen molar-refractivity contribution >= 4 is 28.4 Å². The molecule has 0 spiro atoms. The highest BCUT2D eigenvalue weighted by atomic mass is 16.1. The van der Waals surface area contributed by atoms with Crippen molar-refractivity contribution in [3.8, 4) is 11.3 Å². The van der Waals surface area contributed by atoms with Crippen molar-refractivity contribution in [3.05, 3.63) is 48.5 Å². The summed E-state index contributed by atoms with van der Waals surface area (Å²) in [5, 5.41) is 16.2. The Labute approximate surface area is 183 Å². The molecular weight excluding hydrogens is 406 g/mol. The molecule has 10 nitrogen and oxygen atoms in total. The molecular formula is C22H23N9O. The van der Waals surface area contributed by atoms with Crippen molar-refractivity contribution in [2.45, 2.75) is 24.9 Å². The van der Waals surface area contributed by atoms with E-state index in [-0.39, 0.29) is 11.9 Å². The smallest absolute Gasteiger partial charge is 0.255 e. The van der Waals surface area contributed by atoms with Crippen LogP contribution in [-0.4, -0.2) is 48.0 Å². The molecule has 6 rings (SSSR count). The number of nitrogen functional groups attached to an aromatic ring is 1. The molecule has 10 heteroatoms. The van der Waals surface area contributed by atoms with Crippen LogP contribution < -0.4 is 16.4 Å². The maximum Gasteiger partial charge on any atom is 0.255 e. The second-order valence-electron chi connectivity index (χ2n) is 8.60. The van der Waals surface area contributed by atoms with E-state index < -0.39 is 0 Å². The van der Waals surface area contributed by atoms with Crippen LogP contribution >= 0.6 is 0 Å². The van der Waals surface area contributed by atoms with Crippen molar-refractivity contribution in [2.75, 3.05) is 17.6 Å². The number of nitrogens with zero attached hydrogens (tertiary/aromatic N) is 6. The van der Waals surface area contributed by atoms with E-state index in [0.717, 1.165) is 35.3 Å². The van der Waals surface area contributed by atoms with E-state index in [0.29, 0.717) is 29.0 Å². The summed E-state index contributed by atoms with van der Waals surface area (Å²) in [7, 11) is 1.80. The Kier molecular flexibility index (Phi) is 4.22. The number of amides is 1. The van der Waals surface area contributed by atoms with Crippen LogP contribution in [0.5, 0.6) is 0 Å². The van der Waals surface area contributed by atoms with E-state index >= 15 is 0 Å². The first-order valence-corrected chi connectivity index (χ1v) is 10.7. The number of hydrogen-bond donors (Lipinski definition) is 3. The Morgan fingerprint density at radius 3 is 2.75 bits per heavy atom. The average molecular weight is 429 g/mol. The van der Waals surface area contributed by atoms with Crippen molar-refractivity contribution in [2.24, 2.45) is 13.0 Å². The number of piperidine rings is 1. The normalized spacial score (nSPS) is 22.0. The number of rotatable bonds is 4. The molecule has 1 aliphatic heterocycles. The van der Waals surface area contributed by atoms with Gasteiger partial charge in [-0.05, 0) is 37.4 Å². The molecule has 162 valence electrons. The first-order valence-electron chi connectivity index (χ1n) is 10.7. The minimum absolute atomic E-state index is 0.198. The van der Waals surface area contributed by atoms with E-state index in [9.17, 15) is 4.79 Å². The van der Waals surface area contributed by atoms with Crippen molar-refractivity contribution in [1.82, 2.24) is 34.8 Å². The fraction of sp³-hybridized carbons (Fsp3) is 0.318. The van der Waals surface area contributed by atoms with Gasteiger partial charge in [0.2, 0.25) is 0 Å². The summed E-state index contributed by atoms with van der Waals surface area (Å²) in [4.78, 5) is 21.3. The molecule has 1 saturated carbocycles. The van der Waals surface area contributed by atoms with Gasteiger partial charge in [-0.25, -0.2) is 14.6 Å². The van der Waals surface area contributed by atoms with E-state index in [4.69, 9.17) is 10.8 Å². The molecule has 32 heavy (non-hydrogen) atoms. The van der Waals surface area contributed by atoms with E-state index in [1.807, 2.05) is 16.8 Å². The number of aromatic nitrogens is 6. The lowest BCUT2D eigenvalue weighted by Gasteiger charge is -2.23. The summed E-state index contributed by atoms with van der Waals surface area (Å²) in [6, 6.07) is 8.00. The first-order chi connectivity index (χ1) is 15.6. The topological polar surface area (TPSA) is 129 Å². The Bertz CT molecular complexity index is 1320. The molecule has 1 amide bonds. The summed E-state index contributed by atoms with van der Waals surface area (Å²) in [6.07, 6.45) is 7.11. The zero-order chi connectivity index (χ0) is 21.8. The van der Waals surface area contributed by atoms with Crippen molar-refractivity contribution < 1.29 is 4.79 Å². The number of hydrogen-bond acceptors (Lipinski definition) is 7. The summed E-state index contributed by atoms with van der Waals surface area (Å²) in [5.41, 5.74) is 9.81. The second kappa shape index (κ2) is 7.13. The van der Waals surface area contributed by atoms with Crippen LogP contribution in [-0.2, 0) is 7.05 Å². The van der Waals surface area contributed by atoms with Crippen LogP contribution in [0.1, 0.15) is 29.2 Å². The number of benzene rings is 1. The predicted molar refractivity (Wildman–Crippen MR) is 120 cm³/mol. The summed E-state index contributed by atoms with van der Waals surface area (Å²) in [5.74, 6) is 0.895. The van der Waals surface area contributed by atoms with Gasteiger partial charge in [-0.15, -0.1) is 0 Å². The maximum atomic E-state index is 12.6. The van der Waals surface area contributed by atoms with Crippen LogP contribution in [0.4, 0.5) is 11.5 Å². The lowest BCUT2D eigenvalue weighted by molar-refractivity contribution is 0.102. The molecule has 4 N–H and O–H groups in total. The number of carbonyl (C=O) groups is 1. The summed E-state index contributed by atoms with van der Waals surface area (Å²) >= 11 is 0. The fourth-order valence-electron chi connectivity index (χ4n) is 4.99. The molecule has 2 aliphatic rings. The number of aryl methyl sites for hydroxylation is 1. The van der Waals surface area contributed by atoms with Gasteiger partial charge in [-0.3, -0.25) is 9.48 Å². The number of anilines is 2. The zero-order valence-electron chi connectivity index (χ0n) is 17.6. The third kappa shape index (κ3) is 3.02. The maximum absolute atomic E-state index is 12.6. The molecule has 2 bridgehead atoms. The number of nitrogens with two attached hydrogens (primary N) is 1. The van der Waals surface area contributed by atoms with Crippen molar-refractivity contribution in [1.29, 1.82) is 0 Å². The summed E-state index contributed by atoms with van der Waals surface area (Å²) < 4.78 is 3.65. The molecule has 1 aromatic carbocycles. The Morgan fingerprint density at radius 1 is 1.22 bits per heavy atom. The lowest BCUT2D eigenvalue weighted by atomic mass is 10.1. The van der Waals surface area contributed by atoms with Gasteiger partial charge in [-0.2, -0.15) is 10.2 Å². The Morgan fingerprint density at radius 2 is 2.06 bits per heavy atom. The number of fused-ring (bicyclic) bond motifs is 3. The van der Waals surface area contributed by atoms with Gasteiger partial charge in [0, 0.05) is 30.4 Å². The SMILES string of the molecule is Cn1cc(NC(=O)c2ccc(-c3nn(C4CC5CNC4C5)c4ncnc(N)c34)cc2)cn1. The number of nitrogens with one attached hydrogen (secondary N) is 2. The first kappa shape index (κ1) is 18.9. The van der Waals surface area contributed by atoms with E-state index in [2.05, 4.69) is 25.7 Å². The lowest BCUT2D eigenvalue weighted by Crippen LogP contribution is -2.35. The van der Waals surface area contributed by atoms with Crippen LogP contribution in [0.3, 0.4) is 0 Å². The Hall–Kier alpha value is -3.79. The largest absolute Gasteiger partial charge is 0.383 e. The molecule has 3 unspecified atom stereocenters. The third-order valence-corrected chi connectivity index (χ3v) is 6.51. The average Bonchev–Trinajstić information content (AvgIpc) is 3.58. The molecule has 0 radical (unpaired) electrons. The van der Waals surface area contributed by atoms with Crippen LogP contribution in [0.2, 0.25) is 0 Å². The number of carbonyl (C=O) groups excluding carboxylic acids is 1. The van der Waals surface area contributed by atoms with Crippen LogP contribution in [0.25, 0.3) is 22.3 Å². The molecule has 4 aromatic rings. The minimum atomic E-state index is -0.198.